The molecule has 0 aliphatic carbocycles. The minimum atomic E-state index is -0.0439. The first kappa shape index (κ1) is 16.4. The predicted octanol–water partition coefficient (Wildman–Crippen LogP) is 4.32. The molecule has 2 aromatic carbocycles. The first-order valence-electron chi connectivity index (χ1n) is 8.59. The van der Waals surface area contributed by atoms with E-state index in [0.29, 0.717) is 24.0 Å². The standard InChI is InChI=1S/C20H15N3O2S2/c24-19(16-12-26-18(21-16)13-6-2-1-3-7-13)23-10-14(11-23)25-20-22-15-8-4-5-9-17(15)27-20/h1-9,12,14H,10-11H2. The number of hydrogen-bond donors (Lipinski definition) is 0. The maximum atomic E-state index is 12.6. The fourth-order valence-corrected chi connectivity index (χ4v) is 4.65. The molecule has 1 saturated heterocycles. The van der Waals surface area contributed by atoms with Crippen LogP contribution in [0.5, 0.6) is 5.19 Å². The second kappa shape index (κ2) is 6.75. The normalized spacial score (nSPS) is 14.3. The number of benzene rings is 2. The van der Waals surface area contributed by atoms with Gasteiger partial charge in [0.05, 0.1) is 23.3 Å². The molecule has 7 heteroatoms. The lowest BCUT2D eigenvalue weighted by molar-refractivity contribution is 0.0174. The van der Waals surface area contributed by atoms with Gasteiger partial charge in [-0.15, -0.1) is 11.3 Å². The number of likely N-dealkylation sites (tertiary alicyclic amines) is 1. The predicted molar refractivity (Wildman–Crippen MR) is 107 cm³/mol. The van der Waals surface area contributed by atoms with E-state index in [1.54, 1.807) is 4.90 Å². The second-order valence-electron chi connectivity index (χ2n) is 6.30. The minimum Gasteiger partial charge on any atom is -0.463 e. The largest absolute Gasteiger partial charge is 0.463 e. The van der Waals surface area contributed by atoms with E-state index in [0.717, 1.165) is 20.8 Å². The molecule has 3 heterocycles. The van der Waals surface area contributed by atoms with Gasteiger partial charge in [-0.25, -0.2) is 9.97 Å². The lowest BCUT2D eigenvalue weighted by Crippen LogP contribution is -2.56. The topological polar surface area (TPSA) is 55.3 Å². The maximum Gasteiger partial charge on any atom is 0.274 e. The van der Waals surface area contributed by atoms with E-state index in [9.17, 15) is 4.79 Å². The van der Waals surface area contributed by atoms with Crippen LogP contribution in [0.15, 0.2) is 60.0 Å². The van der Waals surface area contributed by atoms with Crippen molar-refractivity contribution in [1.29, 1.82) is 0 Å². The van der Waals surface area contributed by atoms with Gasteiger partial charge in [0, 0.05) is 10.9 Å². The molecule has 27 heavy (non-hydrogen) atoms. The molecule has 0 N–H and O–H groups in total. The third kappa shape index (κ3) is 3.20. The fourth-order valence-electron chi connectivity index (χ4n) is 2.97. The van der Waals surface area contributed by atoms with Crippen molar-refractivity contribution < 1.29 is 9.53 Å². The number of hydrogen-bond acceptors (Lipinski definition) is 6. The number of para-hydroxylation sites is 1. The SMILES string of the molecule is O=C(c1csc(-c2ccccc2)n1)N1CC(Oc2nc3ccccc3s2)C1. The Kier molecular flexibility index (Phi) is 4.10. The summed E-state index contributed by atoms with van der Waals surface area (Å²) in [7, 11) is 0. The molecule has 0 unspecified atom stereocenters. The average molecular weight is 393 g/mol. The Morgan fingerprint density at radius 2 is 1.81 bits per heavy atom. The Labute approximate surface area is 163 Å². The molecule has 1 fully saturated rings. The Morgan fingerprint density at radius 1 is 1.04 bits per heavy atom. The van der Waals surface area contributed by atoms with Crippen molar-refractivity contribution in [2.75, 3.05) is 13.1 Å². The van der Waals surface area contributed by atoms with Crippen LogP contribution in [0.4, 0.5) is 0 Å². The maximum absolute atomic E-state index is 12.6. The van der Waals surface area contributed by atoms with Crippen molar-refractivity contribution >= 4 is 38.8 Å². The summed E-state index contributed by atoms with van der Waals surface area (Å²) < 4.78 is 7.03. The van der Waals surface area contributed by atoms with Crippen LogP contribution < -0.4 is 4.74 Å². The third-order valence-electron chi connectivity index (χ3n) is 4.42. The van der Waals surface area contributed by atoms with Crippen molar-refractivity contribution in [3.63, 3.8) is 0 Å². The zero-order valence-corrected chi connectivity index (χ0v) is 15.9. The molecule has 4 aromatic rings. The first-order chi connectivity index (χ1) is 13.3. The quantitative estimate of drug-likeness (QED) is 0.518. The van der Waals surface area contributed by atoms with Gasteiger partial charge in [0.2, 0.25) is 0 Å². The summed E-state index contributed by atoms with van der Waals surface area (Å²) in [6.45, 7) is 1.12. The van der Waals surface area contributed by atoms with Gasteiger partial charge in [0.1, 0.15) is 16.8 Å². The molecule has 5 nitrogen and oxygen atoms in total. The van der Waals surface area contributed by atoms with E-state index >= 15 is 0 Å². The molecule has 5 rings (SSSR count). The van der Waals surface area contributed by atoms with Crippen LogP contribution >= 0.6 is 22.7 Å². The fraction of sp³-hybridized carbons (Fsp3) is 0.150. The minimum absolute atomic E-state index is 0.0123. The van der Waals surface area contributed by atoms with Crippen LogP contribution in [0.3, 0.4) is 0 Å². The number of aromatic nitrogens is 2. The summed E-state index contributed by atoms with van der Waals surface area (Å²) in [5, 5.41) is 3.35. The molecule has 1 amide bonds. The van der Waals surface area contributed by atoms with E-state index < -0.39 is 0 Å². The van der Waals surface area contributed by atoms with Gasteiger partial charge < -0.3 is 9.64 Å². The molecule has 2 aromatic heterocycles. The van der Waals surface area contributed by atoms with Crippen LogP contribution in [0.2, 0.25) is 0 Å². The van der Waals surface area contributed by atoms with Gasteiger partial charge in [0.15, 0.2) is 0 Å². The number of rotatable bonds is 4. The molecule has 1 aliphatic heterocycles. The molecule has 0 bridgehead atoms. The van der Waals surface area contributed by atoms with E-state index in [2.05, 4.69) is 9.97 Å². The van der Waals surface area contributed by atoms with E-state index in [4.69, 9.17) is 4.74 Å². The molecular formula is C20H15N3O2S2. The van der Waals surface area contributed by atoms with Gasteiger partial charge in [0.25, 0.3) is 11.1 Å². The van der Waals surface area contributed by atoms with Gasteiger partial charge in [-0.05, 0) is 12.1 Å². The van der Waals surface area contributed by atoms with Crippen molar-refractivity contribution in [3.05, 3.63) is 65.7 Å². The molecule has 1 aliphatic rings. The number of fused-ring (bicyclic) bond motifs is 1. The number of ether oxygens (including phenoxy) is 1. The van der Waals surface area contributed by atoms with Gasteiger partial charge in [-0.3, -0.25) is 4.79 Å². The van der Waals surface area contributed by atoms with Gasteiger partial charge >= 0.3 is 0 Å². The number of carbonyl (C=O) groups excluding carboxylic acids is 1. The summed E-state index contributed by atoms with van der Waals surface area (Å²) >= 11 is 3.02. The molecule has 134 valence electrons. The molecular weight excluding hydrogens is 378 g/mol. The van der Waals surface area contributed by atoms with Gasteiger partial charge in [-0.1, -0.05) is 53.8 Å². The average Bonchev–Trinajstić information content (AvgIpc) is 3.31. The van der Waals surface area contributed by atoms with Crippen molar-refractivity contribution in [1.82, 2.24) is 14.9 Å². The number of thiazole rings is 2. The number of amides is 1. The highest BCUT2D eigenvalue weighted by Gasteiger charge is 2.34. The zero-order chi connectivity index (χ0) is 18.2. The summed E-state index contributed by atoms with van der Waals surface area (Å²) in [5.41, 5.74) is 2.47. The number of carbonyl (C=O) groups is 1. The first-order valence-corrected chi connectivity index (χ1v) is 10.3. The lowest BCUT2D eigenvalue weighted by Gasteiger charge is -2.37. The summed E-state index contributed by atoms with van der Waals surface area (Å²) in [5.74, 6) is -0.0439. The molecule has 0 spiro atoms. The Morgan fingerprint density at radius 3 is 2.63 bits per heavy atom. The smallest absolute Gasteiger partial charge is 0.274 e. The van der Waals surface area contributed by atoms with E-state index in [-0.39, 0.29) is 12.0 Å². The van der Waals surface area contributed by atoms with E-state index in [1.807, 2.05) is 60.0 Å². The molecule has 0 radical (unpaired) electrons. The molecule has 0 atom stereocenters. The third-order valence-corrected chi connectivity index (χ3v) is 6.24. The van der Waals surface area contributed by atoms with Crippen LogP contribution in [0.1, 0.15) is 10.5 Å². The van der Waals surface area contributed by atoms with Crippen molar-refractivity contribution in [2.45, 2.75) is 6.10 Å². The van der Waals surface area contributed by atoms with Crippen LogP contribution in [-0.4, -0.2) is 40.0 Å². The van der Waals surface area contributed by atoms with E-state index in [1.165, 1.54) is 22.7 Å². The van der Waals surface area contributed by atoms with Crippen molar-refractivity contribution in [2.24, 2.45) is 0 Å². The Hall–Kier alpha value is -2.77. The highest BCUT2D eigenvalue weighted by molar-refractivity contribution is 7.20. The van der Waals surface area contributed by atoms with Crippen LogP contribution in [0, 0.1) is 0 Å². The van der Waals surface area contributed by atoms with Crippen molar-refractivity contribution in [3.8, 4) is 15.8 Å². The lowest BCUT2D eigenvalue weighted by atomic mass is 10.1. The molecule has 0 saturated carbocycles. The summed E-state index contributed by atoms with van der Waals surface area (Å²) in [6, 6.07) is 17.9. The highest BCUT2D eigenvalue weighted by Crippen LogP contribution is 2.30. The van der Waals surface area contributed by atoms with Gasteiger partial charge in [-0.2, -0.15) is 0 Å². The zero-order valence-electron chi connectivity index (χ0n) is 14.2. The second-order valence-corrected chi connectivity index (χ2v) is 8.15. The van der Waals surface area contributed by atoms with Crippen LogP contribution in [-0.2, 0) is 0 Å². The summed E-state index contributed by atoms with van der Waals surface area (Å²) in [4.78, 5) is 23.4. The summed E-state index contributed by atoms with van der Waals surface area (Å²) in [6.07, 6.45) is -0.0123. The highest BCUT2D eigenvalue weighted by atomic mass is 32.1. The monoisotopic (exact) mass is 393 g/mol. The Balaban J connectivity index is 1.22. The Bertz CT molecular complexity index is 1070. The van der Waals surface area contributed by atoms with Crippen LogP contribution in [0.25, 0.3) is 20.8 Å². The number of nitrogens with zero attached hydrogens (tertiary/aromatic N) is 3.